The molecule has 0 aliphatic heterocycles. The summed E-state index contributed by atoms with van der Waals surface area (Å²) in [7, 11) is -3.65. The summed E-state index contributed by atoms with van der Waals surface area (Å²) in [6, 6.07) is 13.3. The minimum absolute atomic E-state index is 0.162. The first-order valence-electron chi connectivity index (χ1n) is 6.27. The average Bonchev–Trinajstić information content (AvgIpc) is 2.44. The number of sulfonamides is 1. The molecule has 0 bridgehead atoms. The highest BCUT2D eigenvalue weighted by Gasteiger charge is 2.14. The van der Waals surface area contributed by atoms with Crippen LogP contribution in [0.3, 0.4) is 0 Å². The third-order valence-electron chi connectivity index (χ3n) is 3.04. The molecule has 0 aromatic heterocycles. The number of hydrogen-bond acceptors (Lipinski definition) is 4. The maximum absolute atomic E-state index is 12.3. The van der Waals surface area contributed by atoms with Gasteiger partial charge in [0.15, 0.2) is 0 Å². The van der Waals surface area contributed by atoms with Gasteiger partial charge >= 0.3 is 0 Å². The lowest BCUT2D eigenvalue weighted by Gasteiger charge is -2.10. The number of nitrogens with one attached hydrogen (secondary N) is 1. The van der Waals surface area contributed by atoms with E-state index in [-0.39, 0.29) is 4.90 Å². The molecule has 5 nitrogen and oxygen atoms in total. The number of rotatable bonds is 4. The van der Waals surface area contributed by atoms with Crippen LogP contribution in [0.15, 0.2) is 47.4 Å². The normalized spacial score (nSPS) is 10.9. The molecule has 0 aliphatic carbocycles. The predicted molar refractivity (Wildman–Crippen MR) is 82.2 cm³/mol. The number of nitrogens with two attached hydrogens (primary N) is 1. The van der Waals surface area contributed by atoms with Crippen LogP contribution >= 0.6 is 0 Å². The third kappa shape index (κ3) is 3.52. The number of nitriles is 1. The lowest BCUT2D eigenvalue weighted by molar-refractivity contribution is 0.601. The van der Waals surface area contributed by atoms with E-state index >= 15 is 0 Å². The van der Waals surface area contributed by atoms with Crippen molar-refractivity contribution in [3.63, 3.8) is 0 Å². The molecule has 0 radical (unpaired) electrons. The largest absolute Gasteiger partial charge is 0.399 e. The van der Waals surface area contributed by atoms with Crippen molar-refractivity contribution in [2.75, 3.05) is 10.5 Å². The summed E-state index contributed by atoms with van der Waals surface area (Å²) in [6.45, 7) is 1.75. The van der Waals surface area contributed by atoms with Gasteiger partial charge < -0.3 is 5.73 Å². The molecule has 0 saturated heterocycles. The lowest BCUT2D eigenvalue weighted by atomic mass is 10.1. The predicted octanol–water partition coefficient (Wildman–Crippen LogP) is 2.44. The SMILES string of the molecule is Cc1cc(S(=O)(=O)Nc2ccc(CC#N)cc2)ccc1N. The highest BCUT2D eigenvalue weighted by molar-refractivity contribution is 7.92. The van der Waals surface area contributed by atoms with Gasteiger partial charge in [-0.15, -0.1) is 0 Å². The summed E-state index contributed by atoms with van der Waals surface area (Å²) < 4.78 is 27.0. The van der Waals surface area contributed by atoms with Crippen LogP contribution in [0, 0.1) is 18.3 Å². The van der Waals surface area contributed by atoms with Gasteiger partial charge in [0.2, 0.25) is 0 Å². The number of hydrogen-bond donors (Lipinski definition) is 2. The van der Waals surface area contributed by atoms with E-state index in [2.05, 4.69) is 4.72 Å². The van der Waals surface area contributed by atoms with Crippen LogP contribution in [-0.2, 0) is 16.4 Å². The molecular weight excluding hydrogens is 286 g/mol. The Kier molecular flexibility index (Phi) is 4.15. The van der Waals surface area contributed by atoms with E-state index in [4.69, 9.17) is 11.0 Å². The number of aryl methyl sites for hydroxylation is 1. The summed E-state index contributed by atoms with van der Waals surface area (Å²) in [5, 5.41) is 8.60. The molecule has 2 aromatic carbocycles. The van der Waals surface area contributed by atoms with E-state index in [1.165, 1.54) is 12.1 Å². The molecule has 0 fully saturated rings. The van der Waals surface area contributed by atoms with Crippen LogP contribution in [0.4, 0.5) is 11.4 Å². The Balaban J connectivity index is 2.24. The molecule has 0 amide bonds. The van der Waals surface area contributed by atoms with Gasteiger partial charge in [0.1, 0.15) is 0 Å². The second-order valence-corrected chi connectivity index (χ2v) is 6.34. The number of nitrogen functional groups attached to an aromatic ring is 1. The molecule has 3 N–H and O–H groups in total. The van der Waals surface area contributed by atoms with Crippen LogP contribution in [0.5, 0.6) is 0 Å². The van der Waals surface area contributed by atoms with E-state index in [1.807, 2.05) is 6.07 Å². The summed E-state index contributed by atoms with van der Waals surface area (Å²) in [5.74, 6) is 0. The summed E-state index contributed by atoms with van der Waals surface area (Å²) in [4.78, 5) is 0.162. The van der Waals surface area contributed by atoms with Gasteiger partial charge in [-0.3, -0.25) is 4.72 Å². The molecule has 0 atom stereocenters. The van der Waals surface area contributed by atoms with E-state index in [9.17, 15) is 8.42 Å². The molecule has 2 rings (SSSR count). The van der Waals surface area contributed by atoms with Gasteiger partial charge in [0.25, 0.3) is 10.0 Å². The van der Waals surface area contributed by atoms with Gasteiger partial charge in [-0.25, -0.2) is 8.42 Å². The molecule has 0 aliphatic rings. The Morgan fingerprint density at radius 2 is 1.86 bits per heavy atom. The standard InChI is InChI=1S/C15H15N3O2S/c1-11-10-14(6-7-15(11)17)21(19,20)18-13-4-2-12(3-5-13)8-9-16/h2-7,10,18H,8,17H2,1H3. The molecule has 21 heavy (non-hydrogen) atoms. The monoisotopic (exact) mass is 301 g/mol. The van der Waals surface area contributed by atoms with Crippen LogP contribution in [-0.4, -0.2) is 8.42 Å². The zero-order valence-corrected chi connectivity index (χ0v) is 12.3. The van der Waals surface area contributed by atoms with Crippen LogP contribution in [0.2, 0.25) is 0 Å². The minimum atomic E-state index is -3.65. The van der Waals surface area contributed by atoms with Gasteiger partial charge in [-0.1, -0.05) is 12.1 Å². The highest BCUT2D eigenvalue weighted by atomic mass is 32.2. The van der Waals surface area contributed by atoms with Crippen molar-refractivity contribution in [2.24, 2.45) is 0 Å². The van der Waals surface area contributed by atoms with Crippen LogP contribution in [0.25, 0.3) is 0 Å². The fourth-order valence-electron chi connectivity index (χ4n) is 1.81. The van der Waals surface area contributed by atoms with Crippen LogP contribution in [0.1, 0.15) is 11.1 Å². The Morgan fingerprint density at radius 3 is 2.43 bits per heavy atom. The quantitative estimate of drug-likeness (QED) is 0.848. The van der Waals surface area contributed by atoms with E-state index in [0.717, 1.165) is 5.56 Å². The summed E-state index contributed by atoms with van der Waals surface area (Å²) in [6.07, 6.45) is 0.296. The average molecular weight is 301 g/mol. The van der Waals surface area contributed by atoms with Gasteiger partial charge in [-0.05, 0) is 48.4 Å². The van der Waals surface area contributed by atoms with Gasteiger partial charge in [0, 0.05) is 11.4 Å². The second kappa shape index (κ2) is 5.85. The highest BCUT2D eigenvalue weighted by Crippen LogP contribution is 2.20. The Hall–Kier alpha value is -2.52. The molecule has 2 aromatic rings. The fraction of sp³-hybridized carbons (Fsp3) is 0.133. The lowest BCUT2D eigenvalue weighted by Crippen LogP contribution is -2.13. The van der Waals surface area contributed by atoms with Crippen molar-refractivity contribution >= 4 is 21.4 Å². The number of anilines is 2. The van der Waals surface area contributed by atoms with Gasteiger partial charge in [0.05, 0.1) is 17.4 Å². The summed E-state index contributed by atoms with van der Waals surface area (Å²) in [5.41, 5.74) is 8.24. The third-order valence-corrected chi connectivity index (χ3v) is 4.42. The summed E-state index contributed by atoms with van der Waals surface area (Å²) >= 11 is 0. The van der Waals surface area contributed by atoms with E-state index in [0.29, 0.717) is 23.4 Å². The van der Waals surface area contributed by atoms with Crippen molar-refractivity contribution in [2.45, 2.75) is 18.2 Å². The van der Waals surface area contributed by atoms with Crippen molar-refractivity contribution < 1.29 is 8.42 Å². The van der Waals surface area contributed by atoms with Crippen molar-refractivity contribution in [1.29, 1.82) is 5.26 Å². The molecule has 0 spiro atoms. The smallest absolute Gasteiger partial charge is 0.261 e. The first-order valence-corrected chi connectivity index (χ1v) is 7.75. The molecule has 0 heterocycles. The maximum Gasteiger partial charge on any atom is 0.261 e. The number of benzene rings is 2. The topological polar surface area (TPSA) is 96.0 Å². The van der Waals surface area contributed by atoms with Crippen molar-refractivity contribution in [3.05, 3.63) is 53.6 Å². The molecule has 0 unspecified atom stereocenters. The van der Waals surface area contributed by atoms with E-state index in [1.54, 1.807) is 37.3 Å². The molecule has 108 valence electrons. The first-order chi connectivity index (χ1) is 9.92. The molecule has 6 heteroatoms. The second-order valence-electron chi connectivity index (χ2n) is 4.66. The Bertz CT molecular complexity index is 791. The molecular formula is C15H15N3O2S. The van der Waals surface area contributed by atoms with Crippen LogP contribution < -0.4 is 10.5 Å². The fourth-order valence-corrected chi connectivity index (χ4v) is 2.95. The minimum Gasteiger partial charge on any atom is -0.399 e. The van der Waals surface area contributed by atoms with Crippen molar-refractivity contribution in [3.8, 4) is 6.07 Å². The van der Waals surface area contributed by atoms with Gasteiger partial charge in [-0.2, -0.15) is 5.26 Å². The Morgan fingerprint density at radius 1 is 1.19 bits per heavy atom. The maximum atomic E-state index is 12.3. The Labute approximate surface area is 124 Å². The number of nitrogens with zero attached hydrogens (tertiary/aromatic N) is 1. The zero-order chi connectivity index (χ0) is 15.5. The zero-order valence-electron chi connectivity index (χ0n) is 11.5. The van der Waals surface area contributed by atoms with E-state index < -0.39 is 10.0 Å². The van der Waals surface area contributed by atoms with Crippen molar-refractivity contribution in [1.82, 2.24) is 0 Å². The first kappa shape index (κ1) is 14.9. The molecule has 0 saturated carbocycles.